The lowest BCUT2D eigenvalue weighted by Crippen LogP contribution is -2.32. The molecule has 6 aromatic carbocycles. The first kappa shape index (κ1) is 33.8. The van der Waals surface area contributed by atoms with E-state index >= 15 is 0 Å². The van der Waals surface area contributed by atoms with Crippen molar-refractivity contribution in [2.24, 2.45) is 4.52 Å². The summed E-state index contributed by atoms with van der Waals surface area (Å²) in [5, 5.41) is 32.9. The van der Waals surface area contributed by atoms with Crippen LogP contribution < -0.4 is 36.8 Å². The van der Waals surface area contributed by atoms with E-state index in [-0.39, 0.29) is 0 Å². The molecule has 7 aromatic rings. The van der Waals surface area contributed by atoms with E-state index < -0.39 is 36.2 Å². The number of hydrogen-bond donors (Lipinski definition) is 0. The third-order valence-corrected chi connectivity index (χ3v) is 16.2. The van der Waals surface area contributed by atoms with Crippen LogP contribution in [0.5, 0.6) is 0 Å². The Morgan fingerprint density at radius 1 is 0.460 bits per heavy atom. The Bertz CT molecular complexity index is 2000. The summed E-state index contributed by atoms with van der Waals surface area (Å²) in [7, 11) is -4.99. The van der Waals surface area contributed by atoms with E-state index in [9.17, 15) is 20.2 Å². The molecule has 0 atom stereocenters. The maximum Gasteiger partial charge on any atom is 0.418 e. The predicted molar refractivity (Wildman–Crippen MR) is 201 cm³/mol. The standard InChI is InChI=1S/C36H30NP2.C2N5O4/c1-7-19-31(20-8-1)38(32-21-9-2-10-22-32,33-23-11-3-12-24-33)37-39(34-25-13-4-14-26-34,35-27-15-5-16-28-35)36-29-17-6-18-30-36;8-6(9)1-3-2(5-4-1)7(10)11/h1-30H;/q+1;-1. The second kappa shape index (κ2) is 15.4. The minimum Gasteiger partial charge on any atom is -0.417 e. The molecule has 12 heteroatoms. The number of aromatic nitrogens is 3. The molecule has 0 aliphatic rings. The zero-order valence-corrected chi connectivity index (χ0v) is 28.3. The highest BCUT2D eigenvalue weighted by Crippen LogP contribution is 2.65. The largest absolute Gasteiger partial charge is 0.418 e. The molecule has 0 unspecified atom stereocenters. The van der Waals surface area contributed by atoms with Crippen LogP contribution in [-0.4, -0.2) is 20.0 Å². The minimum atomic E-state index is -2.50. The van der Waals surface area contributed by atoms with Crippen molar-refractivity contribution in [1.29, 1.82) is 0 Å². The van der Waals surface area contributed by atoms with Crippen LogP contribution in [0.25, 0.3) is 0 Å². The van der Waals surface area contributed by atoms with Crippen LogP contribution in [0.1, 0.15) is 0 Å². The Morgan fingerprint density at radius 2 is 0.720 bits per heavy atom. The van der Waals surface area contributed by atoms with E-state index in [0.717, 1.165) is 0 Å². The van der Waals surface area contributed by atoms with Crippen LogP contribution in [0, 0.1) is 20.2 Å². The zero-order chi connectivity index (χ0) is 34.8. The Labute approximate surface area is 289 Å². The van der Waals surface area contributed by atoms with Gasteiger partial charge in [-0.05, 0) is 36.4 Å². The summed E-state index contributed by atoms with van der Waals surface area (Å²) in [4.78, 5) is 20.7. The van der Waals surface area contributed by atoms with Crippen molar-refractivity contribution >= 4 is 58.2 Å². The number of nitrogens with zero attached hydrogens (tertiary/aromatic N) is 6. The fourth-order valence-corrected chi connectivity index (χ4v) is 15.1. The van der Waals surface area contributed by atoms with Gasteiger partial charge in [-0.1, -0.05) is 160 Å². The van der Waals surface area contributed by atoms with E-state index in [0.29, 0.717) is 0 Å². The summed E-state index contributed by atoms with van der Waals surface area (Å²) in [5.74, 6) is -1.73. The van der Waals surface area contributed by atoms with E-state index in [1.54, 1.807) is 0 Å². The molecular formula is C38H30N6O4P2. The first-order valence-corrected chi connectivity index (χ1v) is 19.0. The van der Waals surface area contributed by atoms with Gasteiger partial charge in [0.05, 0.1) is 0 Å². The summed E-state index contributed by atoms with van der Waals surface area (Å²) >= 11 is 0. The average molecular weight is 697 g/mol. The molecule has 7 rings (SSSR count). The lowest BCUT2D eigenvalue weighted by molar-refractivity contribution is -0.403. The van der Waals surface area contributed by atoms with Gasteiger partial charge in [-0.3, -0.25) is 0 Å². The summed E-state index contributed by atoms with van der Waals surface area (Å²) in [5.41, 5.74) is 0. The van der Waals surface area contributed by atoms with Gasteiger partial charge in [0.2, 0.25) is 7.41 Å². The fraction of sp³-hybridized carbons (Fsp3) is 0. The van der Waals surface area contributed by atoms with Gasteiger partial charge in [0, 0.05) is 26.1 Å². The monoisotopic (exact) mass is 696 g/mol. The molecule has 0 saturated carbocycles. The van der Waals surface area contributed by atoms with Crippen molar-refractivity contribution in [3.05, 3.63) is 202 Å². The molecule has 1 aromatic heterocycles. The maximum absolute atomic E-state index is 9.85. The van der Waals surface area contributed by atoms with Crippen molar-refractivity contribution in [3.63, 3.8) is 0 Å². The number of hydrogen-bond acceptors (Lipinski definition) is 7. The van der Waals surface area contributed by atoms with Gasteiger partial charge < -0.3 is 20.2 Å². The number of benzene rings is 6. The number of nitro groups is 2. The van der Waals surface area contributed by atoms with Gasteiger partial charge in [0.15, 0.2) is 0 Å². The highest BCUT2D eigenvalue weighted by molar-refractivity contribution is 8.01. The summed E-state index contributed by atoms with van der Waals surface area (Å²) in [6, 6.07) is 65.7. The Kier molecular flexibility index (Phi) is 10.4. The van der Waals surface area contributed by atoms with Crippen molar-refractivity contribution in [1.82, 2.24) is 15.2 Å². The first-order chi connectivity index (χ1) is 24.4. The molecule has 0 spiro atoms. The molecular weight excluding hydrogens is 666 g/mol. The second-order valence-corrected chi connectivity index (χ2v) is 17.2. The van der Waals surface area contributed by atoms with E-state index in [2.05, 4.69) is 197 Å². The molecule has 0 fully saturated rings. The maximum atomic E-state index is 9.85. The van der Waals surface area contributed by atoms with Gasteiger partial charge in [-0.2, -0.15) is 0 Å². The summed E-state index contributed by atoms with van der Waals surface area (Å²) in [6.07, 6.45) is 0. The minimum absolute atomic E-state index is 0.864. The topological polar surface area (TPSA) is 139 Å². The Hall–Kier alpha value is -6.08. The average Bonchev–Trinajstić information content (AvgIpc) is 3.70. The van der Waals surface area contributed by atoms with Crippen LogP contribution in [0.15, 0.2) is 187 Å². The molecule has 0 radical (unpaired) electrons. The molecule has 0 N–H and O–H groups in total. The normalized spacial score (nSPS) is 11.1. The Morgan fingerprint density at radius 3 is 0.960 bits per heavy atom. The molecule has 0 bridgehead atoms. The molecule has 246 valence electrons. The van der Waals surface area contributed by atoms with Gasteiger partial charge in [-0.25, -0.2) is 0 Å². The highest BCUT2D eigenvalue weighted by Gasteiger charge is 2.49. The lowest BCUT2D eigenvalue weighted by Gasteiger charge is -2.31. The van der Waals surface area contributed by atoms with Gasteiger partial charge in [-0.15, -0.1) is 4.52 Å². The zero-order valence-electron chi connectivity index (χ0n) is 26.5. The van der Waals surface area contributed by atoms with Crippen LogP contribution in [0.2, 0.25) is 0 Å². The highest BCUT2D eigenvalue weighted by atomic mass is 31.2. The molecule has 10 nitrogen and oxygen atoms in total. The fourth-order valence-electron chi connectivity index (χ4n) is 5.65. The smallest absolute Gasteiger partial charge is 0.417 e. The van der Waals surface area contributed by atoms with Crippen LogP contribution in [-0.2, 0) is 0 Å². The van der Waals surface area contributed by atoms with E-state index in [4.69, 9.17) is 4.52 Å². The van der Waals surface area contributed by atoms with Crippen LogP contribution in [0.3, 0.4) is 0 Å². The third kappa shape index (κ3) is 6.89. The van der Waals surface area contributed by atoms with Gasteiger partial charge >= 0.3 is 11.9 Å². The molecule has 0 saturated heterocycles. The lowest BCUT2D eigenvalue weighted by atomic mass is 10.4. The van der Waals surface area contributed by atoms with Crippen molar-refractivity contribution in [3.8, 4) is 0 Å². The molecule has 50 heavy (non-hydrogen) atoms. The van der Waals surface area contributed by atoms with Crippen LogP contribution >= 0.6 is 14.5 Å². The SMILES string of the molecule is O=[N+]([O-])c1nnc([N+](=O)[O-])[n-]1.c1ccc(P(=N[P+](c2ccccc2)(c2ccccc2)c2ccccc2)(c2ccccc2)c2ccccc2)cc1. The third-order valence-electron chi connectivity index (χ3n) is 7.80. The van der Waals surface area contributed by atoms with Crippen molar-refractivity contribution < 1.29 is 9.85 Å². The Balaban J connectivity index is 0.000000336. The predicted octanol–water partition coefficient (Wildman–Crippen LogP) is 6.32. The molecule has 0 amide bonds. The van der Waals surface area contributed by atoms with E-state index in [1.165, 1.54) is 31.8 Å². The van der Waals surface area contributed by atoms with E-state index in [1.807, 2.05) is 0 Å². The number of rotatable bonds is 9. The first-order valence-electron chi connectivity index (χ1n) is 15.5. The van der Waals surface area contributed by atoms with Crippen LogP contribution in [0.4, 0.5) is 11.9 Å². The molecule has 1 heterocycles. The molecule has 0 aliphatic heterocycles. The van der Waals surface area contributed by atoms with Crippen molar-refractivity contribution in [2.45, 2.75) is 0 Å². The summed E-state index contributed by atoms with van der Waals surface area (Å²) in [6.45, 7) is 0. The quantitative estimate of drug-likeness (QED) is 0.0978. The summed E-state index contributed by atoms with van der Waals surface area (Å²) < 4.78 is 6.38. The van der Waals surface area contributed by atoms with Gasteiger partial charge in [0.1, 0.15) is 23.0 Å². The van der Waals surface area contributed by atoms with Gasteiger partial charge in [0.25, 0.3) is 0 Å². The van der Waals surface area contributed by atoms with Crippen molar-refractivity contribution in [2.75, 3.05) is 0 Å². The molecule has 0 aliphatic carbocycles. The second-order valence-electron chi connectivity index (χ2n) is 10.8.